The normalized spacial score (nSPS) is 16.9. The fourth-order valence-corrected chi connectivity index (χ4v) is 3.85. The van der Waals surface area contributed by atoms with Gasteiger partial charge in [0.1, 0.15) is 0 Å². The number of guanidine groups is 1. The molecule has 0 radical (unpaired) electrons. The molecule has 1 heterocycles. The lowest BCUT2D eigenvalue weighted by molar-refractivity contribution is -0.133. The summed E-state index contributed by atoms with van der Waals surface area (Å²) >= 11 is 1.49. The number of hydrogen-bond acceptors (Lipinski definition) is 4. The summed E-state index contributed by atoms with van der Waals surface area (Å²) in [6, 6.07) is 0. The molecule has 1 aromatic rings. The van der Waals surface area contributed by atoms with Crippen molar-refractivity contribution in [1.29, 1.82) is 0 Å². The molecule has 0 saturated heterocycles. The van der Waals surface area contributed by atoms with E-state index in [1.807, 2.05) is 11.8 Å². The molecule has 0 bridgehead atoms. The minimum absolute atomic E-state index is 0.00658. The number of aryl methyl sites for hydroxylation is 1. The Balaban J connectivity index is 2.22. The molecule has 1 aromatic heterocycles. The van der Waals surface area contributed by atoms with E-state index in [1.54, 1.807) is 0 Å². The fourth-order valence-electron chi connectivity index (χ4n) is 2.80. The van der Waals surface area contributed by atoms with Gasteiger partial charge in [-0.3, -0.25) is 4.79 Å². The summed E-state index contributed by atoms with van der Waals surface area (Å²) in [5, 5.41) is 0.557. The standard InChI is InChI=1S/C15H25N5OS/c1-3-5-9-20(4-2)13(21)10-7-6-8-11-12(10)18-15(22-11)19-14(16)17/h10H,3-9H2,1-2H3,(H4,16,17,18,19). The van der Waals surface area contributed by atoms with Crippen LogP contribution in [0.5, 0.6) is 0 Å². The summed E-state index contributed by atoms with van der Waals surface area (Å²) in [6.07, 6.45) is 4.95. The van der Waals surface area contributed by atoms with Gasteiger partial charge in [-0.15, -0.1) is 0 Å². The predicted molar refractivity (Wildman–Crippen MR) is 90.4 cm³/mol. The van der Waals surface area contributed by atoms with Crippen LogP contribution in [0.2, 0.25) is 0 Å². The summed E-state index contributed by atoms with van der Waals surface area (Å²) in [6.45, 7) is 5.74. The van der Waals surface area contributed by atoms with Crippen molar-refractivity contribution in [1.82, 2.24) is 9.88 Å². The van der Waals surface area contributed by atoms with Crippen molar-refractivity contribution in [3.05, 3.63) is 10.6 Å². The van der Waals surface area contributed by atoms with Crippen LogP contribution in [0.3, 0.4) is 0 Å². The van der Waals surface area contributed by atoms with E-state index < -0.39 is 0 Å². The highest BCUT2D eigenvalue weighted by molar-refractivity contribution is 7.15. The van der Waals surface area contributed by atoms with Crippen LogP contribution < -0.4 is 11.5 Å². The van der Waals surface area contributed by atoms with Gasteiger partial charge in [-0.05, 0) is 32.6 Å². The molecule has 1 amide bonds. The largest absolute Gasteiger partial charge is 0.370 e. The number of aromatic nitrogens is 1. The lowest BCUT2D eigenvalue weighted by Gasteiger charge is -2.28. The van der Waals surface area contributed by atoms with Gasteiger partial charge in [0.25, 0.3) is 0 Å². The van der Waals surface area contributed by atoms with E-state index in [9.17, 15) is 4.79 Å². The molecule has 1 unspecified atom stereocenters. The number of carbonyl (C=O) groups excluding carboxylic acids is 1. The quantitative estimate of drug-likeness (QED) is 0.619. The van der Waals surface area contributed by atoms with E-state index in [-0.39, 0.29) is 17.8 Å². The first-order chi connectivity index (χ1) is 10.6. The number of rotatable bonds is 6. The van der Waals surface area contributed by atoms with E-state index in [2.05, 4.69) is 16.9 Å². The zero-order chi connectivity index (χ0) is 16.1. The minimum Gasteiger partial charge on any atom is -0.370 e. The molecule has 1 atom stereocenters. The van der Waals surface area contributed by atoms with Crippen molar-refractivity contribution >= 4 is 28.3 Å². The third-order valence-electron chi connectivity index (χ3n) is 3.94. The zero-order valence-corrected chi connectivity index (χ0v) is 14.2. The number of thiazole rings is 1. The third kappa shape index (κ3) is 3.76. The Morgan fingerprint density at radius 3 is 2.86 bits per heavy atom. The Labute approximate surface area is 135 Å². The predicted octanol–water partition coefficient (Wildman–Crippen LogP) is 2.12. The second-order valence-electron chi connectivity index (χ2n) is 5.56. The van der Waals surface area contributed by atoms with Crippen LogP contribution in [0, 0.1) is 0 Å². The first kappa shape index (κ1) is 16.7. The highest BCUT2D eigenvalue weighted by Gasteiger charge is 2.32. The van der Waals surface area contributed by atoms with E-state index in [0.29, 0.717) is 5.13 Å². The van der Waals surface area contributed by atoms with E-state index in [0.717, 1.165) is 55.8 Å². The number of carbonyl (C=O) groups is 1. The molecule has 7 heteroatoms. The molecule has 0 aliphatic heterocycles. The number of nitrogens with two attached hydrogens (primary N) is 2. The summed E-state index contributed by atoms with van der Waals surface area (Å²) in [4.78, 5) is 24.5. The minimum atomic E-state index is -0.139. The smallest absolute Gasteiger partial charge is 0.231 e. The number of hydrogen-bond donors (Lipinski definition) is 2. The molecule has 2 rings (SSSR count). The maximum Gasteiger partial charge on any atom is 0.231 e. The Kier molecular flexibility index (Phi) is 5.76. The summed E-state index contributed by atoms with van der Waals surface area (Å²) in [5.74, 6) is 0.0605. The molecular formula is C15H25N5OS. The topological polar surface area (TPSA) is 97.6 Å². The van der Waals surface area contributed by atoms with Crippen molar-refractivity contribution in [3.63, 3.8) is 0 Å². The molecular weight excluding hydrogens is 298 g/mol. The van der Waals surface area contributed by atoms with Gasteiger partial charge in [-0.1, -0.05) is 24.7 Å². The molecule has 0 saturated carbocycles. The molecule has 0 fully saturated rings. The molecule has 0 spiro atoms. The average Bonchev–Trinajstić information content (AvgIpc) is 2.88. The fraction of sp³-hybridized carbons (Fsp3) is 0.667. The number of nitrogens with zero attached hydrogens (tertiary/aromatic N) is 3. The van der Waals surface area contributed by atoms with Crippen LogP contribution in [-0.4, -0.2) is 34.8 Å². The molecule has 4 N–H and O–H groups in total. The van der Waals surface area contributed by atoms with Gasteiger partial charge >= 0.3 is 0 Å². The summed E-state index contributed by atoms with van der Waals surface area (Å²) < 4.78 is 0. The SMILES string of the molecule is CCCCN(CC)C(=O)C1CCCc2sc(N=C(N)N)nc21. The lowest BCUT2D eigenvalue weighted by Crippen LogP contribution is -2.37. The van der Waals surface area contributed by atoms with Crippen LogP contribution in [0.25, 0.3) is 0 Å². The molecule has 122 valence electrons. The van der Waals surface area contributed by atoms with E-state index in [4.69, 9.17) is 11.5 Å². The number of likely N-dealkylation sites (N-methyl/N-ethyl adjacent to an activating group) is 1. The lowest BCUT2D eigenvalue weighted by atomic mass is 9.90. The van der Waals surface area contributed by atoms with Gasteiger partial charge in [0, 0.05) is 18.0 Å². The third-order valence-corrected chi connectivity index (χ3v) is 4.97. The summed E-state index contributed by atoms with van der Waals surface area (Å²) in [5.41, 5.74) is 11.7. The Hall–Kier alpha value is -1.63. The van der Waals surface area contributed by atoms with Gasteiger partial charge in [0.05, 0.1) is 11.6 Å². The van der Waals surface area contributed by atoms with Crippen molar-refractivity contribution in [2.75, 3.05) is 13.1 Å². The number of aliphatic imine (C=N–C) groups is 1. The second-order valence-corrected chi connectivity index (χ2v) is 6.62. The maximum absolute atomic E-state index is 12.8. The Morgan fingerprint density at radius 2 is 2.23 bits per heavy atom. The van der Waals surface area contributed by atoms with Gasteiger partial charge < -0.3 is 16.4 Å². The monoisotopic (exact) mass is 323 g/mol. The first-order valence-corrected chi connectivity index (χ1v) is 8.76. The number of fused-ring (bicyclic) bond motifs is 1. The zero-order valence-electron chi connectivity index (χ0n) is 13.3. The van der Waals surface area contributed by atoms with Crippen LogP contribution >= 0.6 is 11.3 Å². The van der Waals surface area contributed by atoms with Crippen molar-refractivity contribution in [2.24, 2.45) is 16.5 Å². The first-order valence-electron chi connectivity index (χ1n) is 7.94. The van der Waals surface area contributed by atoms with Crippen LogP contribution in [0.1, 0.15) is 56.0 Å². The summed E-state index contributed by atoms with van der Waals surface area (Å²) in [7, 11) is 0. The average molecular weight is 323 g/mol. The maximum atomic E-state index is 12.8. The Morgan fingerprint density at radius 1 is 1.45 bits per heavy atom. The van der Waals surface area contributed by atoms with Crippen molar-refractivity contribution < 1.29 is 4.79 Å². The molecule has 0 aromatic carbocycles. The Bertz CT molecular complexity index is 550. The van der Waals surface area contributed by atoms with Gasteiger partial charge in [-0.25, -0.2) is 4.98 Å². The molecule has 22 heavy (non-hydrogen) atoms. The number of unbranched alkanes of at least 4 members (excludes halogenated alkanes) is 1. The van der Waals surface area contributed by atoms with Gasteiger partial charge in [0.15, 0.2) is 5.96 Å². The van der Waals surface area contributed by atoms with Gasteiger partial charge in [0.2, 0.25) is 11.0 Å². The van der Waals surface area contributed by atoms with Crippen molar-refractivity contribution in [2.45, 2.75) is 51.9 Å². The van der Waals surface area contributed by atoms with Crippen LogP contribution in [-0.2, 0) is 11.2 Å². The molecule has 1 aliphatic rings. The van der Waals surface area contributed by atoms with Crippen molar-refractivity contribution in [3.8, 4) is 0 Å². The van der Waals surface area contributed by atoms with Crippen LogP contribution in [0.15, 0.2) is 4.99 Å². The highest BCUT2D eigenvalue weighted by Crippen LogP contribution is 2.38. The van der Waals surface area contributed by atoms with E-state index >= 15 is 0 Å². The molecule has 6 nitrogen and oxygen atoms in total. The van der Waals surface area contributed by atoms with Crippen LogP contribution in [0.4, 0.5) is 5.13 Å². The van der Waals surface area contributed by atoms with Gasteiger partial charge in [-0.2, -0.15) is 4.99 Å². The number of amides is 1. The highest BCUT2D eigenvalue weighted by atomic mass is 32.1. The second kappa shape index (κ2) is 7.58. The molecule has 1 aliphatic carbocycles. The van der Waals surface area contributed by atoms with E-state index in [1.165, 1.54) is 11.3 Å².